The van der Waals surface area contributed by atoms with Crippen molar-refractivity contribution in [3.05, 3.63) is 65.2 Å². The summed E-state index contributed by atoms with van der Waals surface area (Å²) < 4.78 is 26.6. The second kappa shape index (κ2) is 8.43. The van der Waals surface area contributed by atoms with Gasteiger partial charge in [-0.15, -0.1) is 0 Å². The highest BCUT2D eigenvalue weighted by atomic mass is 19.1. The van der Waals surface area contributed by atoms with Crippen molar-refractivity contribution in [2.24, 2.45) is 0 Å². The van der Waals surface area contributed by atoms with Crippen molar-refractivity contribution >= 4 is 23.3 Å². The van der Waals surface area contributed by atoms with Crippen LogP contribution in [0.4, 0.5) is 14.9 Å². The lowest BCUT2D eigenvalue weighted by atomic mass is 10.0. The molecule has 10 nitrogen and oxygen atoms in total. The average Bonchev–Trinajstić information content (AvgIpc) is 3.43. The number of benzene rings is 1. The van der Waals surface area contributed by atoms with E-state index in [0.717, 1.165) is 12.8 Å². The highest BCUT2D eigenvalue weighted by molar-refractivity contribution is 6.04. The lowest BCUT2D eigenvalue weighted by molar-refractivity contribution is 0.0804. The van der Waals surface area contributed by atoms with Crippen molar-refractivity contribution in [3.8, 4) is 11.4 Å². The quantitative estimate of drug-likeness (QED) is 0.447. The van der Waals surface area contributed by atoms with Crippen LogP contribution in [0.25, 0.3) is 17.0 Å². The van der Waals surface area contributed by atoms with Gasteiger partial charge in [-0.05, 0) is 49.4 Å². The van der Waals surface area contributed by atoms with Crippen LogP contribution in [-0.4, -0.2) is 56.6 Å². The molecule has 1 aromatic carbocycles. The number of aromatic nitrogens is 4. The minimum atomic E-state index is -0.510. The van der Waals surface area contributed by atoms with E-state index in [9.17, 15) is 14.0 Å². The molecule has 36 heavy (non-hydrogen) atoms. The number of carbonyl (C=O) groups excluding carboxylic acids is 2. The molecule has 1 saturated carbocycles. The fourth-order valence-electron chi connectivity index (χ4n) is 4.38. The van der Waals surface area contributed by atoms with Gasteiger partial charge in [0, 0.05) is 36.1 Å². The van der Waals surface area contributed by atoms with Crippen LogP contribution < -0.4 is 5.32 Å². The first-order chi connectivity index (χ1) is 17.4. The molecular formula is C25H23FN6O4. The molecule has 2 amide bonds. The number of methoxy groups -OCH3 is 1. The number of pyridine rings is 1. The van der Waals surface area contributed by atoms with Gasteiger partial charge in [0.05, 0.1) is 19.2 Å². The van der Waals surface area contributed by atoms with Gasteiger partial charge >= 0.3 is 6.09 Å². The number of anilines is 1. The predicted molar refractivity (Wildman–Crippen MR) is 126 cm³/mol. The normalized spacial score (nSPS) is 15.7. The number of hydrogen-bond donors (Lipinski definition) is 1. The van der Waals surface area contributed by atoms with Crippen molar-refractivity contribution in [1.82, 2.24) is 24.4 Å². The number of halogens is 1. The van der Waals surface area contributed by atoms with E-state index in [2.05, 4.69) is 20.4 Å². The van der Waals surface area contributed by atoms with Crippen LogP contribution in [-0.2, 0) is 4.74 Å². The van der Waals surface area contributed by atoms with Crippen LogP contribution in [0.15, 0.2) is 41.2 Å². The summed E-state index contributed by atoms with van der Waals surface area (Å²) in [6.45, 7) is 2.39. The van der Waals surface area contributed by atoms with Crippen LogP contribution in [0, 0.1) is 12.7 Å². The fraction of sp³-hybridized carbons (Fsp3) is 0.320. The molecule has 11 heteroatoms. The number of likely N-dealkylation sites (tertiary alicyclic amines) is 1. The molecule has 4 aromatic rings. The molecule has 1 aliphatic carbocycles. The third-order valence-electron chi connectivity index (χ3n) is 6.77. The monoisotopic (exact) mass is 490 g/mol. The number of hydrogen-bond acceptors (Lipinski definition) is 7. The zero-order valence-corrected chi connectivity index (χ0v) is 19.7. The Hall–Kier alpha value is -4.28. The van der Waals surface area contributed by atoms with Gasteiger partial charge in [-0.25, -0.2) is 14.2 Å². The van der Waals surface area contributed by atoms with Gasteiger partial charge in [0.1, 0.15) is 17.2 Å². The number of imidazole rings is 1. The Morgan fingerprint density at radius 1 is 1.19 bits per heavy atom. The number of amides is 2. The van der Waals surface area contributed by atoms with E-state index in [1.54, 1.807) is 17.4 Å². The number of rotatable bonds is 5. The van der Waals surface area contributed by atoms with Crippen LogP contribution in [0.1, 0.15) is 52.2 Å². The van der Waals surface area contributed by atoms with Gasteiger partial charge in [-0.1, -0.05) is 11.2 Å². The summed E-state index contributed by atoms with van der Waals surface area (Å²) in [7, 11) is 1.32. The van der Waals surface area contributed by atoms with Gasteiger partial charge in [-0.3, -0.25) is 9.20 Å². The zero-order valence-electron chi connectivity index (χ0n) is 19.7. The molecule has 3 aromatic heterocycles. The van der Waals surface area contributed by atoms with Crippen molar-refractivity contribution in [2.45, 2.75) is 31.6 Å². The minimum absolute atomic E-state index is 0.115. The second-order valence-corrected chi connectivity index (χ2v) is 9.22. The predicted octanol–water partition coefficient (Wildman–Crippen LogP) is 4.13. The molecule has 1 N–H and O–H groups in total. The Morgan fingerprint density at radius 2 is 2.00 bits per heavy atom. The van der Waals surface area contributed by atoms with Crippen LogP contribution in [0.2, 0.25) is 0 Å². The van der Waals surface area contributed by atoms with E-state index in [0.29, 0.717) is 47.5 Å². The Labute approximate surface area is 205 Å². The van der Waals surface area contributed by atoms with Gasteiger partial charge < -0.3 is 19.5 Å². The largest absolute Gasteiger partial charge is 0.453 e. The summed E-state index contributed by atoms with van der Waals surface area (Å²) in [5.74, 6) is 0.0540. The molecular weight excluding hydrogens is 467 g/mol. The standard InChI is InChI=1S/C25H23FN6O4/c1-13-18(26)7-16(22-29-24(36-30-22)17-10-31(11-17)25(34)35-2)8-19(13)28-23(33)20-9-27-21-6-5-15(12-32(20)21)14-3-4-14/h5-9,12,14,17H,3-4,10-11H2,1-2H3,(H,28,33). The van der Waals surface area contributed by atoms with E-state index in [1.807, 2.05) is 18.3 Å². The minimum Gasteiger partial charge on any atom is -0.453 e. The Bertz CT molecular complexity index is 1500. The molecule has 2 fully saturated rings. The molecule has 0 spiro atoms. The van der Waals surface area contributed by atoms with Crippen molar-refractivity contribution in [3.63, 3.8) is 0 Å². The molecule has 1 saturated heterocycles. The number of nitrogens with zero attached hydrogens (tertiary/aromatic N) is 5. The highest BCUT2D eigenvalue weighted by Crippen LogP contribution is 2.40. The molecule has 1 aliphatic heterocycles. The SMILES string of the molecule is COC(=O)N1CC(c2nc(-c3cc(F)c(C)c(NC(=O)c4cnc5ccc(C6CC6)cn45)c3)no2)C1. The van der Waals surface area contributed by atoms with Crippen molar-refractivity contribution in [2.75, 3.05) is 25.5 Å². The number of fused-ring (bicyclic) bond motifs is 1. The lowest BCUT2D eigenvalue weighted by Gasteiger charge is -2.35. The molecule has 184 valence electrons. The smallest absolute Gasteiger partial charge is 0.409 e. The Balaban J connectivity index is 1.24. The first kappa shape index (κ1) is 22.2. The first-order valence-corrected chi connectivity index (χ1v) is 11.7. The lowest BCUT2D eigenvalue weighted by Crippen LogP contribution is -2.48. The molecule has 4 heterocycles. The van der Waals surface area contributed by atoms with Crippen LogP contribution in [0.5, 0.6) is 0 Å². The molecule has 0 atom stereocenters. The maximum atomic E-state index is 14.8. The van der Waals surface area contributed by atoms with Crippen LogP contribution >= 0.6 is 0 Å². The fourth-order valence-corrected chi connectivity index (χ4v) is 4.38. The van der Waals surface area contributed by atoms with E-state index in [4.69, 9.17) is 9.26 Å². The van der Waals surface area contributed by atoms with Crippen LogP contribution in [0.3, 0.4) is 0 Å². The summed E-state index contributed by atoms with van der Waals surface area (Å²) in [4.78, 5) is 34.9. The third-order valence-corrected chi connectivity index (χ3v) is 6.77. The van der Waals surface area contributed by atoms with E-state index < -0.39 is 17.8 Å². The molecule has 0 unspecified atom stereocenters. The Morgan fingerprint density at radius 3 is 2.75 bits per heavy atom. The van der Waals surface area contributed by atoms with Crippen molar-refractivity contribution < 1.29 is 23.2 Å². The van der Waals surface area contributed by atoms with Gasteiger partial charge in [0.2, 0.25) is 11.7 Å². The molecule has 6 rings (SSSR count). The summed E-state index contributed by atoms with van der Waals surface area (Å²) >= 11 is 0. The van der Waals surface area contributed by atoms with Gasteiger partial charge in [-0.2, -0.15) is 4.98 Å². The van der Waals surface area contributed by atoms with E-state index in [1.165, 1.54) is 29.8 Å². The topological polar surface area (TPSA) is 115 Å². The average molecular weight is 490 g/mol. The van der Waals surface area contributed by atoms with Gasteiger partial charge in [0.25, 0.3) is 5.91 Å². The first-order valence-electron chi connectivity index (χ1n) is 11.7. The molecule has 0 bridgehead atoms. The number of nitrogens with one attached hydrogen (secondary N) is 1. The Kier molecular flexibility index (Phi) is 5.20. The highest BCUT2D eigenvalue weighted by Gasteiger charge is 2.36. The second-order valence-electron chi connectivity index (χ2n) is 9.22. The summed E-state index contributed by atoms with van der Waals surface area (Å²) in [6, 6.07) is 6.86. The maximum Gasteiger partial charge on any atom is 0.409 e. The zero-order chi connectivity index (χ0) is 25.0. The summed E-state index contributed by atoms with van der Waals surface area (Å²) in [5.41, 5.74) is 3.16. The van der Waals surface area contributed by atoms with E-state index >= 15 is 0 Å². The maximum absolute atomic E-state index is 14.8. The molecule has 2 aliphatic rings. The van der Waals surface area contributed by atoms with E-state index in [-0.39, 0.29) is 17.3 Å². The number of carbonyl (C=O) groups is 2. The summed E-state index contributed by atoms with van der Waals surface area (Å²) in [6.07, 6.45) is 5.34. The number of ether oxygens (including phenoxy) is 1. The van der Waals surface area contributed by atoms with Gasteiger partial charge in [0.15, 0.2) is 0 Å². The summed E-state index contributed by atoms with van der Waals surface area (Å²) in [5, 5.41) is 6.79. The molecule has 0 radical (unpaired) electrons. The van der Waals surface area contributed by atoms with Crippen molar-refractivity contribution in [1.29, 1.82) is 0 Å². The third kappa shape index (κ3) is 3.86.